The van der Waals surface area contributed by atoms with Gasteiger partial charge in [0.15, 0.2) is 11.5 Å². The number of nitrogens with zero attached hydrogens (tertiary/aromatic N) is 1. The summed E-state index contributed by atoms with van der Waals surface area (Å²) in [6, 6.07) is 7.48. The molecule has 5 nitrogen and oxygen atoms in total. The lowest BCUT2D eigenvalue weighted by Crippen LogP contribution is -2.14. The Kier molecular flexibility index (Phi) is 5.00. The van der Waals surface area contributed by atoms with Crippen LogP contribution in [-0.4, -0.2) is 26.3 Å². The van der Waals surface area contributed by atoms with Crippen molar-refractivity contribution >= 4 is 0 Å². The third kappa shape index (κ3) is 3.44. The summed E-state index contributed by atoms with van der Waals surface area (Å²) >= 11 is 0. The standard InChI is InChI=1S/C16H20N2O3/c1-19-14-8-12(9-15(20-2)16(14)21-3)13(17)7-11-5-4-6-18-10-11/h4-6,8-10,13H,7,17H2,1-3H3. The molecule has 0 aliphatic rings. The van der Waals surface area contributed by atoms with E-state index in [1.54, 1.807) is 27.5 Å². The summed E-state index contributed by atoms with van der Waals surface area (Å²) in [5, 5.41) is 0. The number of aromatic nitrogens is 1. The van der Waals surface area contributed by atoms with Crippen LogP contribution in [0.4, 0.5) is 0 Å². The molecule has 0 radical (unpaired) electrons. The van der Waals surface area contributed by atoms with Crippen molar-refractivity contribution in [1.82, 2.24) is 4.98 Å². The second-order valence-electron chi connectivity index (χ2n) is 4.63. The van der Waals surface area contributed by atoms with Gasteiger partial charge in [-0.2, -0.15) is 0 Å². The Morgan fingerprint density at radius 1 is 1.10 bits per heavy atom. The number of hydrogen-bond donors (Lipinski definition) is 1. The predicted molar refractivity (Wildman–Crippen MR) is 81.0 cm³/mol. The number of nitrogens with two attached hydrogens (primary N) is 1. The summed E-state index contributed by atoms with van der Waals surface area (Å²) < 4.78 is 16.0. The number of methoxy groups -OCH3 is 3. The molecule has 0 amide bonds. The van der Waals surface area contributed by atoms with Crippen molar-refractivity contribution < 1.29 is 14.2 Å². The monoisotopic (exact) mass is 288 g/mol. The highest BCUT2D eigenvalue weighted by Gasteiger charge is 2.16. The van der Waals surface area contributed by atoms with E-state index in [9.17, 15) is 0 Å². The van der Waals surface area contributed by atoms with Crippen molar-refractivity contribution in [3.8, 4) is 17.2 Å². The molecule has 1 atom stereocenters. The van der Waals surface area contributed by atoms with Crippen LogP contribution in [0.3, 0.4) is 0 Å². The van der Waals surface area contributed by atoms with Gasteiger partial charge in [-0.1, -0.05) is 6.07 Å². The number of pyridine rings is 1. The highest BCUT2D eigenvalue weighted by Crippen LogP contribution is 2.39. The van der Waals surface area contributed by atoms with Gasteiger partial charge in [0.1, 0.15) is 0 Å². The second kappa shape index (κ2) is 6.95. The van der Waals surface area contributed by atoms with Gasteiger partial charge in [0, 0.05) is 18.4 Å². The summed E-state index contributed by atoms with van der Waals surface area (Å²) in [5.41, 5.74) is 8.29. The third-order valence-electron chi connectivity index (χ3n) is 3.29. The minimum atomic E-state index is -0.178. The molecule has 0 bridgehead atoms. The van der Waals surface area contributed by atoms with Gasteiger partial charge in [0.25, 0.3) is 0 Å². The largest absolute Gasteiger partial charge is 0.493 e. The Morgan fingerprint density at radius 3 is 2.24 bits per heavy atom. The van der Waals surface area contributed by atoms with Gasteiger partial charge in [0.05, 0.1) is 21.3 Å². The van der Waals surface area contributed by atoms with Crippen LogP contribution in [0.5, 0.6) is 17.2 Å². The van der Waals surface area contributed by atoms with E-state index in [4.69, 9.17) is 19.9 Å². The molecule has 5 heteroatoms. The van der Waals surface area contributed by atoms with Crippen LogP contribution < -0.4 is 19.9 Å². The molecule has 21 heavy (non-hydrogen) atoms. The van der Waals surface area contributed by atoms with Crippen molar-refractivity contribution in [2.75, 3.05) is 21.3 Å². The molecule has 112 valence electrons. The van der Waals surface area contributed by atoms with E-state index < -0.39 is 0 Å². The second-order valence-corrected chi connectivity index (χ2v) is 4.63. The Hall–Kier alpha value is -2.27. The average molecular weight is 288 g/mol. The quantitative estimate of drug-likeness (QED) is 0.883. The zero-order valence-corrected chi connectivity index (χ0v) is 12.5. The Labute approximate surface area is 124 Å². The summed E-state index contributed by atoms with van der Waals surface area (Å²) in [6.45, 7) is 0. The van der Waals surface area contributed by atoms with Crippen LogP contribution in [0.15, 0.2) is 36.7 Å². The summed E-state index contributed by atoms with van der Waals surface area (Å²) in [4.78, 5) is 4.10. The van der Waals surface area contributed by atoms with Crippen LogP contribution in [-0.2, 0) is 6.42 Å². The lowest BCUT2D eigenvalue weighted by Gasteiger charge is -2.17. The minimum Gasteiger partial charge on any atom is -0.493 e. The fourth-order valence-electron chi connectivity index (χ4n) is 2.21. The first kappa shape index (κ1) is 15.1. The molecule has 1 aromatic carbocycles. The molecule has 0 spiro atoms. The van der Waals surface area contributed by atoms with Gasteiger partial charge < -0.3 is 19.9 Å². The third-order valence-corrected chi connectivity index (χ3v) is 3.29. The lowest BCUT2D eigenvalue weighted by molar-refractivity contribution is 0.323. The van der Waals surface area contributed by atoms with Crippen LogP contribution >= 0.6 is 0 Å². The van der Waals surface area contributed by atoms with E-state index >= 15 is 0 Å². The van der Waals surface area contributed by atoms with Gasteiger partial charge in [-0.25, -0.2) is 0 Å². The molecule has 1 aromatic heterocycles. The Morgan fingerprint density at radius 2 is 1.76 bits per heavy atom. The first-order valence-electron chi connectivity index (χ1n) is 6.64. The molecule has 2 rings (SSSR count). The Balaban J connectivity index is 2.30. The van der Waals surface area contributed by atoms with Gasteiger partial charge >= 0.3 is 0 Å². The number of ether oxygens (including phenoxy) is 3. The van der Waals surface area contributed by atoms with E-state index in [1.165, 1.54) is 0 Å². The minimum absolute atomic E-state index is 0.178. The van der Waals surface area contributed by atoms with E-state index in [0.717, 1.165) is 11.1 Å². The van der Waals surface area contributed by atoms with Crippen LogP contribution in [0, 0.1) is 0 Å². The van der Waals surface area contributed by atoms with Crippen molar-refractivity contribution in [1.29, 1.82) is 0 Å². The van der Waals surface area contributed by atoms with Crippen molar-refractivity contribution in [2.24, 2.45) is 5.73 Å². The predicted octanol–water partition coefficient (Wildman–Crippen LogP) is 2.35. The van der Waals surface area contributed by atoms with Crippen LogP contribution in [0.25, 0.3) is 0 Å². The summed E-state index contributed by atoms with van der Waals surface area (Å²) in [6.07, 6.45) is 4.25. The van der Waals surface area contributed by atoms with Gasteiger partial charge in [-0.05, 0) is 35.7 Å². The topological polar surface area (TPSA) is 66.6 Å². The van der Waals surface area contributed by atoms with Crippen molar-refractivity contribution in [3.63, 3.8) is 0 Å². The maximum Gasteiger partial charge on any atom is 0.203 e. The highest BCUT2D eigenvalue weighted by molar-refractivity contribution is 5.54. The maximum absolute atomic E-state index is 6.29. The van der Waals surface area contributed by atoms with E-state index in [1.807, 2.05) is 30.5 Å². The van der Waals surface area contributed by atoms with Crippen LogP contribution in [0.2, 0.25) is 0 Å². The molecule has 2 N–H and O–H groups in total. The smallest absolute Gasteiger partial charge is 0.203 e. The first-order chi connectivity index (χ1) is 10.2. The first-order valence-corrected chi connectivity index (χ1v) is 6.64. The molecule has 1 unspecified atom stereocenters. The zero-order chi connectivity index (χ0) is 15.2. The molecule has 1 heterocycles. The fraction of sp³-hybridized carbons (Fsp3) is 0.312. The van der Waals surface area contributed by atoms with Gasteiger partial charge in [0.2, 0.25) is 5.75 Å². The fourth-order valence-corrected chi connectivity index (χ4v) is 2.21. The summed E-state index contributed by atoms with van der Waals surface area (Å²) in [7, 11) is 4.76. The molecule has 0 aliphatic heterocycles. The van der Waals surface area contributed by atoms with Gasteiger partial charge in [-0.3, -0.25) is 4.98 Å². The lowest BCUT2D eigenvalue weighted by atomic mass is 10.00. The molecule has 2 aromatic rings. The molecule has 0 saturated heterocycles. The van der Waals surface area contributed by atoms with Crippen molar-refractivity contribution in [2.45, 2.75) is 12.5 Å². The van der Waals surface area contributed by atoms with Gasteiger partial charge in [-0.15, -0.1) is 0 Å². The molecule has 0 saturated carbocycles. The molecular weight excluding hydrogens is 268 g/mol. The molecule has 0 fully saturated rings. The SMILES string of the molecule is COc1cc(C(N)Cc2cccnc2)cc(OC)c1OC. The highest BCUT2D eigenvalue weighted by atomic mass is 16.5. The number of benzene rings is 1. The van der Waals surface area contributed by atoms with E-state index in [0.29, 0.717) is 23.7 Å². The van der Waals surface area contributed by atoms with E-state index in [-0.39, 0.29) is 6.04 Å². The number of rotatable bonds is 6. The average Bonchev–Trinajstić information content (AvgIpc) is 2.54. The normalized spacial score (nSPS) is 11.8. The van der Waals surface area contributed by atoms with Crippen molar-refractivity contribution in [3.05, 3.63) is 47.8 Å². The number of hydrogen-bond acceptors (Lipinski definition) is 5. The Bertz CT molecular complexity index is 562. The zero-order valence-electron chi connectivity index (χ0n) is 12.5. The van der Waals surface area contributed by atoms with Crippen LogP contribution in [0.1, 0.15) is 17.2 Å². The molecular formula is C16H20N2O3. The maximum atomic E-state index is 6.29. The molecule has 0 aliphatic carbocycles. The van der Waals surface area contributed by atoms with E-state index in [2.05, 4.69) is 4.98 Å². The summed E-state index contributed by atoms with van der Waals surface area (Å²) in [5.74, 6) is 1.78.